The molecule has 0 unspecified atom stereocenters. The summed E-state index contributed by atoms with van der Waals surface area (Å²) in [7, 11) is 0. The minimum absolute atomic E-state index is 0.191. The van der Waals surface area contributed by atoms with Gasteiger partial charge >= 0.3 is 0 Å². The first-order valence-electron chi connectivity index (χ1n) is 10.8. The lowest BCUT2D eigenvalue weighted by atomic mass is 10.2. The number of nitrogens with one attached hydrogen (secondary N) is 1. The number of anilines is 1. The molecule has 9 heteroatoms. The van der Waals surface area contributed by atoms with Crippen molar-refractivity contribution in [1.82, 2.24) is 4.57 Å². The molecule has 6 nitrogen and oxygen atoms in total. The molecule has 1 aromatic heterocycles. The maximum Gasteiger partial charge on any atom is 0.273 e. The van der Waals surface area contributed by atoms with E-state index in [0.29, 0.717) is 38.8 Å². The van der Waals surface area contributed by atoms with Crippen LogP contribution in [0, 0.1) is 11.3 Å². The highest BCUT2D eigenvalue weighted by atomic mass is 35.5. The van der Waals surface area contributed by atoms with E-state index in [1.807, 2.05) is 43.3 Å². The van der Waals surface area contributed by atoms with Crippen molar-refractivity contribution in [3.05, 3.63) is 108 Å². The second-order valence-corrected chi connectivity index (χ2v) is 9.30. The number of nitrogens with zero attached hydrogens (tertiary/aromatic N) is 2. The molecule has 0 saturated heterocycles. The molecule has 0 saturated carbocycles. The maximum atomic E-state index is 13.6. The lowest BCUT2D eigenvalue weighted by molar-refractivity contribution is -0.111. The van der Waals surface area contributed by atoms with Crippen LogP contribution >= 0.6 is 34.5 Å². The van der Waals surface area contributed by atoms with E-state index >= 15 is 0 Å². The summed E-state index contributed by atoms with van der Waals surface area (Å²) in [6, 6.07) is 22.7. The van der Waals surface area contributed by atoms with Crippen molar-refractivity contribution in [1.29, 1.82) is 5.26 Å². The van der Waals surface area contributed by atoms with Crippen molar-refractivity contribution in [3.8, 4) is 17.5 Å². The van der Waals surface area contributed by atoms with E-state index in [2.05, 4.69) is 5.32 Å². The van der Waals surface area contributed by atoms with Gasteiger partial charge in [-0.25, -0.2) is 0 Å². The highest BCUT2D eigenvalue weighted by Crippen LogP contribution is 2.25. The van der Waals surface area contributed by atoms with Gasteiger partial charge in [-0.1, -0.05) is 59.6 Å². The van der Waals surface area contributed by atoms with Crippen LogP contribution in [-0.2, 0) is 4.79 Å². The van der Waals surface area contributed by atoms with Gasteiger partial charge in [0.15, 0.2) is 5.57 Å². The zero-order valence-electron chi connectivity index (χ0n) is 19.0. The number of amides is 1. The average molecular weight is 536 g/mol. The Morgan fingerprint density at radius 3 is 2.53 bits per heavy atom. The van der Waals surface area contributed by atoms with Crippen molar-refractivity contribution in [2.45, 2.75) is 6.92 Å². The Morgan fingerprint density at radius 1 is 1.11 bits per heavy atom. The molecule has 0 radical (unpaired) electrons. The van der Waals surface area contributed by atoms with E-state index in [-0.39, 0.29) is 20.8 Å². The Kier molecular flexibility index (Phi) is 7.91. The van der Waals surface area contributed by atoms with Gasteiger partial charge in [0.1, 0.15) is 16.5 Å². The van der Waals surface area contributed by atoms with Gasteiger partial charge in [-0.3, -0.25) is 14.2 Å². The molecule has 0 spiro atoms. The number of carbonyl (C=O) groups is 1. The minimum Gasteiger partial charge on any atom is -0.493 e. The number of ether oxygens (including phenoxy) is 1. The topological polar surface area (TPSA) is 84.1 Å². The molecule has 36 heavy (non-hydrogen) atoms. The normalized spacial score (nSPS) is 12.1. The van der Waals surface area contributed by atoms with Crippen LogP contribution in [0.1, 0.15) is 12.5 Å². The number of rotatable bonds is 6. The second-order valence-electron chi connectivity index (χ2n) is 7.43. The third-order valence-electron chi connectivity index (χ3n) is 5.08. The third-order valence-corrected chi connectivity index (χ3v) is 6.72. The largest absolute Gasteiger partial charge is 0.493 e. The van der Waals surface area contributed by atoms with Crippen LogP contribution in [0.5, 0.6) is 5.75 Å². The lowest BCUT2D eigenvalue weighted by Crippen LogP contribution is -2.32. The number of carbonyl (C=O) groups excluding carboxylic acids is 1. The van der Waals surface area contributed by atoms with Crippen LogP contribution in [0.4, 0.5) is 5.69 Å². The number of hydrogen-bond donors (Lipinski definition) is 1. The highest BCUT2D eigenvalue weighted by Gasteiger charge is 2.18. The number of thiazole rings is 1. The zero-order chi connectivity index (χ0) is 25.7. The molecule has 0 atom stereocenters. The first kappa shape index (κ1) is 25.3. The number of benzene rings is 3. The smallest absolute Gasteiger partial charge is 0.273 e. The van der Waals surface area contributed by atoms with Gasteiger partial charge in [-0.2, -0.15) is 5.26 Å². The zero-order valence-corrected chi connectivity index (χ0v) is 21.3. The number of nitriles is 1. The molecule has 0 aliphatic heterocycles. The summed E-state index contributed by atoms with van der Waals surface area (Å²) >= 11 is 13.2. The molecule has 0 fully saturated rings. The SMILES string of the molecule is CCOc1ccccc1/C=c1/s/c(=C(/C#N)C(=O)Nc2ccc(Cl)cc2Cl)n(-c2ccccc2)c1=O. The van der Waals surface area contributed by atoms with Crippen LogP contribution in [-0.4, -0.2) is 17.1 Å². The van der Waals surface area contributed by atoms with Gasteiger partial charge in [-0.05, 0) is 49.4 Å². The van der Waals surface area contributed by atoms with Crippen molar-refractivity contribution in [2.24, 2.45) is 0 Å². The lowest BCUT2D eigenvalue weighted by Gasteiger charge is -2.07. The summed E-state index contributed by atoms with van der Waals surface area (Å²) in [5.41, 5.74) is 0.931. The predicted octanol–water partition coefficient (Wildman–Crippen LogP) is 4.75. The standard InChI is InChI=1S/C27H19Cl2N3O3S/c1-2-35-23-11-7-6-8-17(23)14-24-26(34)32(19-9-4-3-5-10-19)27(36-24)20(16-30)25(33)31-22-13-12-18(28)15-21(22)29/h3-15H,2H2,1H3,(H,31,33)/b24-14+,27-20-. The van der Waals surface area contributed by atoms with Crippen LogP contribution in [0.25, 0.3) is 17.3 Å². The molecule has 0 bridgehead atoms. The highest BCUT2D eigenvalue weighted by molar-refractivity contribution is 7.07. The summed E-state index contributed by atoms with van der Waals surface area (Å²) in [5, 5.41) is 13.2. The van der Waals surface area contributed by atoms with E-state index in [1.54, 1.807) is 42.5 Å². The van der Waals surface area contributed by atoms with Gasteiger partial charge in [0.2, 0.25) is 0 Å². The van der Waals surface area contributed by atoms with Gasteiger partial charge < -0.3 is 10.1 Å². The summed E-state index contributed by atoms with van der Waals surface area (Å²) in [5.74, 6) is -0.0749. The fraction of sp³-hybridized carbons (Fsp3) is 0.0741. The molecular formula is C27H19Cl2N3O3S. The van der Waals surface area contributed by atoms with Crippen molar-refractivity contribution in [2.75, 3.05) is 11.9 Å². The van der Waals surface area contributed by atoms with Gasteiger partial charge in [-0.15, -0.1) is 11.3 Å². The molecule has 0 aliphatic carbocycles. The van der Waals surface area contributed by atoms with Crippen molar-refractivity contribution < 1.29 is 9.53 Å². The molecule has 1 heterocycles. The quantitative estimate of drug-likeness (QED) is 0.386. The van der Waals surface area contributed by atoms with Crippen LogP contribution in [0.15, 0.2) is 77.6 Å². The van der Waals surface area contributed by atoms with Gasteiger partial charge in [0.05, 0.1) is 27.5 Å². The molecular weight excluding hydrogens is 517 g/mol. The van der Waals surface area contributed by atoms with Crippen LogP contribution in [0.2, 0.25) is 10.0 Å². The molecule has 1 N–H and O–H groups in total. The Labute approximate surface area is 220 Å². The Hall–Kier alpha value is -3.83. The van der Waals surface area contributed by atoms with Crippen molar-refractivity contribution >= 4 is 57.8 Å². The van der Waals surface area contributed by atoms with E-state index in [1.165, 1.54) is 10.6 Å². The molecule has 4 rings (SSSR count). The molecule has 3 aromatic carbocycles. The van der Waals surface area contributed by atoms with E-state index < -0.39 is 5.91 Å². The second kappa shape index (κ2) is 11.3. The predicted molar refractivity (Wildman–Crippen MR) is 144 cm³/mol. The summed E-state index contributed by atoms with van der Waals surface area (Å²) in [4.78, 5) is 26.7. The Morgan fingerprint density at radius 2 is 1.83 bits per heavy atom. The van der Waals surface area contributed by atoms with Gasteiger partial charge in [0.25, 0.3) is 11.5 Å². The minimum atomic E-state index is -0.700. The number of aromatic nitrogens is 1. The average Bonchev–Trinajstić information content (AvgIpc) is 3.18. The number of hydrogen-bond acceptors (Lipinski definition) is 5. The van der Waals surface area contributed by atoms with E-state index in [0.717, 1.165) is 11.3 Å². The molecule has 1 amide bonds. The Bertz CT molecular complexity index is 1650. The maximum absolute atomic E-state index is 13.6. The van der Waals surface area contributed by atoms with E-state index in [9.17, 15) is 14.9 Å². The molecule has 180 valence electrons. The van der Waals surface area contributed by atoms with Gasteiger partial charge in [0, 0.05) is 10.6 Å². The first-order valence-corrected chi connectivity index (χ1v) is 12.4. The third kappa shape index (κ3) is 5.37. The first-order chi connectivity index (χ1) is 17.4. The monoisotopic (exact) mass is 535 g/mol. The van der Waals surface area contributed by atoms with Crippen molar-refractivity contribution in [3.63, 3.8) is 0 Å². The van der Waals surface area contributed by atoms with Crippen LogP contribution < -0.4 is 24.8 Å². The fourth-order valence-electron chi connectivity index (χ4n) is 3.46. The molecule has 4 aromatic rings. The summed E-state index contributed by atoms with van der Waals surface area (Å²) < 4.78 is 7.58. The Balaban J connectivity index is 1.95. The van der Waals surface area contributed by atoms with E-state index in [4.69, 9.17) is 27.9 Å². The molecule has 0 aliphatic rings. The van der Waals surface area contributed by atoms with Crippen LogP contribution in [0.3, 0.4) is 0 Å². The summed E-state index contributed by atoms with van der Waals surface area (Å²) in [6.45, 7) is 2.34. The summed E-state index contributed by atoms with van der Waals surface area (Å²) in [6.07, 6.45) is 1.70. The fourth-order valence-corrected chi connectivity index (χ4v) is 5.01. The number of halogens is 2. The number of para-hydroxylation sites is 2.